The average molecular weight is 264 g/mol. The zero-order valence-corrected chi connectivity index (χ0v) is 10.8. The highest BCUT2D eigenvalue weighted by molar-refractivity contribution is 7.71. The molecule has 1 aromatic carbocycles. The van der Waals surface area contributed by atoms with E-state index in [1.165, 1.54) is 6.07 Å². The molecule has 1 N–H and O–H groups in total. The smallest absolute Gasteiger partial charge is 0.262 e. The molecule has 1 aliphatic rings. The van der Waals surface area contributed by atoms with E-state index in [4.69, 9.17) is 12.2 Å². The Morgan fingerprint density at radius 3 is 2.78 bits per heavy atom. The van der Waals surface area contributed by atoms with Crippen molar-refractivity contribution in [2.45, 2.75) is 32.2 Å². The Morgan fingerprint density at radius 1 is 1.44 bits per heavy atom. The van der Waals surface area contributed by atoms with E-state index in [0.29, 0.717) is 10.2 Å². The molecule has 0 bridgehead atoms. The number of rotatable bonds is 1. The summed E-state index contributed by atoms with van der Waals surface area (Å²) in [4.78, 5) is 15.3. The van der Waals surface area contributed by atoms with Crippen LogP contribution in [0.5, 0.6) is 0 Å². The molecule has 3 rings (SSSR count). The monoisotopic (exact) mass is 264 g/mol. The number of fused-ring (bicyclic) bond motifs is 1. The standard InChI is InChI=1S/C13H13FN2OS/c1-7-5-6-9(14)11-10(7)12(17)16(13(18)15-11)8-3-2-4-8/h5-6,8H,2-4H2,1H3,(H,15,18). The van der Waals surface area contributed by atoms with Gasteiger partial charge < -0.3 is 4.98 Å². The number of hydrogen-bond acceptors (Lipinski definition) is 2. The van der Waals surface area contributed by atoms with Crippen LogP contribution in [0.25, 0.3) is 10.9 Å². The summed E-state index contributed by atoms with van der Waals surface area (Å²) < 4.78 is 15.7. The summed E-state index contributed by atoms with van der Waals surface area (Å²) in [5.74, 6) is -0.431. The predicted molar refractivity (Wildman–Crippen MR) is 71.0 cm³/mol. The lowest BCUT2D eigenvalue weighted by Gasteiger charge is -2.27. The third-order valence-corrected chi connectivity index (χ3v) is 3.98. The number of aryl methyl sites for hydroxylation is 1. The topological polar surface area (TPSA) is 37.8 Å². The molecule has 0 atom stereocenters. The van der Waals surface area contributed by atoms with Crippen LogP contribution in [-0.4, -0.2) is 9.55 Å². The minimum absolute atomic E-state index is 0.171. The molecule has 0 unspecified atom stereocenters. The zero-order valence-electron chi connectivity index (χ0n) is 10.00. The van der Waals surface area contributed by atoms with Gasteiger partial charge in [-0.15, -0.1) is 0 Å². The Kier molecular flexibility index (Phi) is 2.59. The van der Waals surface area contributed by atoms with Crippen LogP contribution in [0, 0.1) is 17.5 Å². The largest absolute Gasteiger partial charge is 0.329 e. The number of halogens is 1. The molecule has 1 heterocycles. The Morgan fingerprint density at radius 2 is 2.17 bits per heavy atom. The first-order chi connectivity index (χ1) is 8.59. The minimum Gasteiger partial charge on any atom is -0.329 e. The summed E-state index contributed by atoms with van der Waals surface area (Å²) in [6, 6.07) is 3.16. The molecular formula is C13H13FN2OS. The lowest BCUT2D eigenvalue weighted by molar-refractivity contribution is 0.302. The van der Waals surface area contributed by atoms with Crippen LogP contribution >= 0.6 is 12.2 Å². The van der Waals surface area contributed by atoms with Gasteiger partial charge >= 0.3 is 0 Å². The van der Waals surface area contributed by atoms with Gasteiger partial charge in [0.25, 0.3) is 5.56 Å². The van der Waals surface area contributed by atoms with Crippen LogP contribution < -0.4 is 5.56 Å². The van der Waals surface area contributed by atoms with E-state index in [-0.39, 0.29) is 17.1 Å². The number of hydrogen-bond donors (Lipinski definition) is 1. The van der Waals surface area contributed by atoms with Crippen LogP contribution in [0.3, 0.4) is 0 Å². The Hall–Kier alpha value is -1.49. The fourth-order valence-corrected chi connectivity index (χ4v) is 2.77. The summed E-state index contributed by atoms with van der Waals surface area (Å²) in [5.41, 5.74) is 0.826. The molecule has 1 aromatic heterocycles. The number of H-pyrrole nitrogens is 1. The van der Waals surface area contributed by atoms with E-state index in [0.717, 1.165) is 24.8 Å². The minimum atomic E-state index is -0.431. The molecule has 94 valence electrons. The highest BCUT2D eigenvalue weighted by Crippen LogP contribution is 2.31. The first kappa shape index (κ1) is 11.6. The maximum atomic E-state index is 13.7. The summed E-state index contributed by atoms with van der Waals surface area (Å²) >= 11 is 5.19. The molecule has 0 spiro atoms. The highest BCUT2D eigenvalue weighted by atomic mass is 32.1. The van der Waals surface area contributed by atoms with Gasteiger partial charge in [0, 0.05) is 6.04 Å². The number of aromatic nitrogens is 2. The molecule has 1 aliphatic carbocycles. The fourth-order valence-electron chi connectivity index (χ4n) is 2.44. The second kappa shape index (κ2) is 4.02. The molecule has 1 saturated carbocycles. The van der Waals surface area contributed by atoms with Gasteiger partial charge in [0.05, 0.1) is 10.9 Å². The molecule has 2 aromatic rings. The summed E-state index contributed by atoms with van der Waals surface area (Å²) in [6.45, 7) is 1.81. The van der Waals surface area contributed by atoms with Gasteiger partial charge in [-0.25, -0.2) is 4.39 Å². The van der Waals surface area contributed by atoms with Crippen LogP contribution in [0.15, 0.2) is 16.9 Å². The second-order valence-electron chi connectivity index (χ2n) is 4.80. The van der Waals surface area contributed by atoms with Crippen molar-refractivity contribution in [2.75, 3.05) is 0 Å². The van der Waals surface area contributed by atoms with E-state index >= 15 is 0 Å². The molecule has 18 heavy (non-hydrogen) atoms. The molecular weight excluding hydrogens is 251 g/mol. The lowest BCUT2D eigenvalue weighted by atomic mass is 9.93. The van der Waals surface area contributed by atoms with Crippen LogP contribution in [0.4, 0.5) is 4.39 Å². The first-order valence-corrected chi connectivity index (χ1v) is 6.44. The number of nitrogens with one attached hydrogen (secondary N) is 1. The van der Waals surface area contributed by atoms with Crippen molar-refractivity contribution in [3.05, 3.63) is 38.6 Å². The highest BCUT2D eigenvalue weighted by Gasteiger charge is 2.23. The predicted octanol–water partition coefficient (Wildman–Crippen LogP) is 3.23. The number of aromatic amines is 1. The van der Waals surface area contributed by atoms with Crippen LogP contribution in [0.1, 0.15) is 30.9 Å². The molecule has 1 fully saturated rings. The first-order valence-electron chi connectivity index (χ1n) is 6.03. The molecule has 3 nitrogen and oxygen atoms in total. The van der Waals surface area contributed by atoms with Crippen molar-refractivity contribution in [3.63, 3.8) is 0 Å². The molecule has 0 aliphatic heterocycles. The van der Waals surface area contributed by atoms with Gasteiger partial charge in [-0.05, 0) is 50.0 Å². The molecule has 0 amide bonds. The maximum absolute atomic E-state index is 13.7. The van der Waals surface area contributed by atoms with Crippen molar-refractivity contribution < 1.29 is 4.39 Å². The van der Waals surface area contributed by atoms with Gasteiger partial charge in [0.1, 0.15) is 5.82 Å². The fraction of sp³-hybridized carbons (Fsp3) is 0.385. The van der Waals surface area contributed by atoms with Crippen molar-refractivity contribution in [2.24, 2.45) is 0 Å². The Labute approximate surface area is 108 Å². The van der Waals surface area contributed by atoms with E-state index in [9.17, 15) is 9.18 Å². The Balaban J connectivity index is 2.44. The van der Waals surface area contributed by atoms with E-state index in [1.54, 1.807) is 10.6 Å². The molecule has 5 heteroatoms. The average Bonchev–Trinajstić information content (AvgIpc) is 2.26. The third-order valence-electron chi connectivity index (χ3n) is 3.69. The van der Waals surface area contributed by atoms with E-state index in [1.807, 2.05) is 6.92 Å². The zero-order chi connectivity index (χ0) is 12.9. The van der Waals surface area contributed by atoms with Crippen molar-refractivity contribution in [1.82, 2.24) is 9.55 Å². The van der Waals surface area contributed by atoms with Crippen molar-refractivity contribution in [1.29, 1.82) is 0 Å². The summed E-state index contributed by atoms with van der Waals surface area (Å²) in [5, 5.41) is 0.413. The quantitative estimate of drug-likeness (QED) is 0.803. The number of benzene rings is 1. The molecule has 0 saturated heterocycles. The van der Waals surface area contributed by atoms with Crippen LogP contribution in [0.2, 0.25) is 0 Å². The maximum Gasteiger partial charge on any atom is 0.262 e. The van der Waals surface area contributed by atoms with Gasteiger partial charge in [-0.1, -0.05) is 6.07 Å². The summed E-state index contributed by atoms with van der Waals surface area (Å²) in [6.07, 6.45) is 3.06. The van der Waals surface area contributed by atoms with Crippen molar-refractivity contribution in [3.8, 4) is 0 Å². The Bertz CT molecular complexity index is 743. The van der Waals surface area contributed by atoms with E-state index < -0.39 is 5.82 Å². The SMILES string of the molecule is Cc1ccc(F)c2[nH]c(=S)n(C3CCC3)c(=O)c12. The van der Waals surface area contributed by atoms with Crippen LogP contribution in [-0.2, 0) is 0 Å². The molecule has 0 radical (unpaired) electrons. The second-order valence-corrected chi connectivity index (χ2v) is 5.19. The normalized spacial score (nSPS) is 15.9. The van der Waals surface area contributed by atoms with Crippen molar-refractivity contribution >= 4 is 23.1 Å². The van der Waals surface area contributed by atoms with Gasteiger partial charge in [-0.3, -0.25) is 9.36 Å². The van der Waals surface area contributed by atoms with Gasteiger partial charge in [-0.2, -0.15) is 0 Å². The lowest BCUT2D eigenvalue weighted by Crippen LogP contribution is -2.30. The van der Waals surface area contributed by atoms with E-state index in [2.05, 4.69) is 4.98 Å². The van der Waals surface area contributed by atoms with Gasteiger partial charge in [0.15, 0.2) is 4.77 Å². The third kappa shape index (κ3) is 1.54. The summed E-state index contributed by atoms with van der Waals surface area (Å²) in [7, 11) is 0. The number of nitrogens with zero attached hydrogens (tertiary/aromatic N) is 1. The van der Waals surface area contributed by atoms with Gasteiger partial charge in [0.2, 0.25) is 0 Å².